The minimum absolute atomic E-state index is 0.229. The summed E-state index contributed by atoms with van der Waals surface area (Å²) in [4.78, 5) is 0. The smallest absolute Gasteiger partial charge is 0.0834 e. The Kier molecular flexibility index (Phi) is 5.25. The second-order valence-corrected chi connectivity index (χ2v) is 5.56. The van der Waals surface area contributed by atoms with Gasteiger partial charge >= 0.3 is 0 Å². The highest BCUT2D eigenvalue weighted by molar-refractivity contribution is 6.31. The monoisotopic (exact) mass is 285 g/mol. The number of ether oxygens (including phenoxy) is 1. The summed E-state index contributed by atoms with van der Waals surface area (Å²) in [6.45, 7) is 9.09. The van der Waals surface area contributed by atoms with Gasteiger partial charge in [-0.25, -0.2) is 0 Å². The molecule has 0 spiro atoms. The van der Waals surface area contributed by atoms with Crippen molar-refractivity contribution in [2.24, 2.45) is 5.92 Å². The van der Waals surface area contributed by atoms with E-state index in [1.54, 1.807) is 6.20 Å². The van der Waals surface area contributed by atoms with Gasteiger partial charge in [-0.2, -0.15) is 5.10 Å². The third kappa shape index (κ3) is 3.12. The van der Waals surface area contributed by atoms with Crippen LogP contribution in [0.1, 0.15) is 45.3 Å². The molecule has 1 saturated heterocycles. The van der Waals surface area contributed by atoms with Gasteiger partial charge in [0.2, 0.25) is 0 Å². The molecular weight excluding hydrogens is 262 g/mol. The summed E-state index contributed by atoms with van der Waals surface area (Å²) in [5, 5.41) is 8.76. The van der Waals surface area contributed by atoms with E-state index in [1.807, 2.05) is 4.68 Å². The van der Waals surface area contributed by atoms with Crippen molar-refractivity contribution in [2.75, 3.05) is 13.2 Å². The molecule has 1 aromatic rings. The first-order valence-corrected chi connectivity index (χ1v) is 7.63. The van der Waals surface area contributed by atoms with Gasteiger partial charge in [-0.1, -0.05) is 18.5 Å². The maximum absolute atomic E-state index is 6.36. The summed E-state index contributed by atoms with van der Waals surface area (Å²) in [6, 6.07) is 0.229. The van der Waals surface area contributed by atoms with Crippen LogP contribution in [-0.4, -0.2) is 29.0 Å². The van der Waals surface area contributed by atoms with Crippen LogP contribution in [0.3, 0.4) is 0 Å². The Balaban J connectivity index is 2.28. The molecule has 1 aliphatic heterocycles. The van der Waals surface area contributed by atoms with Gasteiger partial charge in [0, 0.05) is 19.1 Å². The largest absolute Gasteiger partial charge is 0.378 e. The SMILES string of the molecule is CCCNC(c1c(Cl)cnn1CC)C1CCOC1C. The first-order valence-electron chi connectivity index (χ1n) is 7.25. The zero-order valence-electron chi connectivity index (χ0n) is 12.0. The number of aryl methyl sites for hydroxylation is 1. The van der Waals surface area contributed by atoms with E-state index in [-0.39, 0.29) is 12.1 Å². The van der Waals surface area contributed by atoms with Crippen molar-refractivity contribution in [1.29, 1.82) is 0 Å². The normalized spacial score (nSPS) is 24.8. The molecule has 0 saturated carbocycles. The van der Waals surface area contributed by atoms with Crippen molar-refractivity contribution in [3.63, 3.8) is 0 Å². The third-order valence-corrected chi connectivity index (χ3v) is 4.20. The predicted molar refractivity (Wildman–Crippen MR) is 77.5 cm³/mol. The fraction of sp³-hybridized carbons (Fsp3) is 0.786. The zero-order valence-corrected chi connectivity index (χ0v) is 12.8. The van der Waals surface area contributed by atoms with Crippen LogP contribution < -0.4 is 5.32 Å². The topological polar surface area (TPSA) is 39.1 Å². The third-order valence-electron chi connectivity index (χ3n) is 3.90. The second-order valence-electron chi connectivity index (χ2n) is 5.15. The Bertz CT molecular complexity index is 407. The zero-order chi connectivity index (χ0) is 13.8. The number of aromatic nitrogens is 2. The molecule has 0 radical (unpaired) electrons. The van der Waals surface area contributed by atoms with Crippen molar-refractivity contribution in [2.45, 2.75) is 52.3 Å². The van der Waals surface area contributed by atoms with E-state index in [4.69, 9.17) is 16.3 Å². The number of rotatable bonds is 6. The molecule has 0 aliphatic carbocycles. The molecule has 2 heterocycles. The lowest BCUT2D eigenvalue weighted by atomic mass is 9.91. The molecule has 3 unspecified atom stereocenters. The summed E-state index contributed by atoms with van der Waals surface area (Å²) >= 11 is 6.36. The van der Waals surface area contributed by atoms with Gasteiger partial charge in [-0.05, 0) is 33.2 Å². The molecule has 0 bridgehead atoms. The first kappa shape index (κ1) is 14.8. The molecule has 5 heteroatoms. The Morgan fingerprint density at radius 1 is 1.58 bits per heavy atom. The average Bonchev–Trinajstić information content (AvgIpc) is 2.98. The summed E-state index contributed by atoms with van der Waals surface area (Å²) in [5.74, 6) is 0.464. The van der Waals surface area contributed by atoms with Crippen LogP contribution in [0, 0.1) is 5.92 Å². The maximum atomic E-state index is 6.36. The molecule has 3 atom stereocenters. The van der Waals surface area contributed by atoms with Gasteiger partial charge in [0.05, 0.1) is 29.1 Å². The number of hydrogen-bond donors (Lipinski definition) is 1. The van der Waals surface area contributed by atoms with Crippen LogP contribution in [-0.2, 0) is 11.3 Å². The summed E-state index contributed by atoms with van der Waals surface area (Å²) in [5.41, 5.74) is 1.11. The van der Waals surface area contributed by atoms with E-state index in [2.05, 4.69) is 31.2 Å². The minimum atomic E-state index is 0.229. The number of halogens is 1. The van der Waals surface area contributed by atoms with E-state index >= 15 is 0 Å². The molecule has 0 amide bonds. The van der Waals surface area contributed by atoms with Crippen molar-refractivity contribution < 1.29 is 4.74 Å². The van der Waals surface area contributed by atoms with E-state index in [1.165, 1.54) is 0 Å². The fourth-order valence-corrected chi connectivity index (χ4v) is 3.13. The van der Waals surface area contributed by atoms with Gasteiger partial charge in [0.25, 0.3) is 0 Å². The maximum Gasteiger partial charge on any atom is 0.0834 e. The van der Waals surface area contributed by atoms with E-state index < -0.39 is 0 Å². The van der Waals surface area contributed by atoms with Gasteiger partial charge in [-0.3, -0.25) is 4.68 Å². The number of nitrogens with zero attached hydrogens (tertiary/aromatic N) is 2. The van der Waals surface area contributed by atoms with Crippen LogP contribution >= 0.6 is 11.6 Å². The molecule has 108 valence electrons. The number of hydrogen-bond acceptors (Lipinski definition) is 3. The van der Waals surface area contributed by atoms with Crippen LogP contribution in [0.4, 0.5) is 0 Å². The van der Waals surface area contributed by atoms with Gasteiger partial charge < -0.3 is 10.1 Å². The molecule has 2 rings (SSSR count). The highest BCUT2D eigenvalue weighted by Crippen LogP contribution is 2.36. The molecule has 19 heavy (non-hydrogen) atoms. The van der Waals surface area contributed by atoms with E-state index in [0.717, 1.165) is 43.3 Å². The van der Waals surface area contributed by atoms with Crippen molar-refractivity contribution in [1.82, 2.24) is 15.1 Å². The molecule has 0 aromatic carbocycles. The van der Waals surface area contributed by atoms with Crippen molar-refractivity contribution >= 4 is 11.6 Å². The van der Waals surface area contributed by atoms with E-state index in [9.17, 15) is 0 Å². The highest BCUT2D eigenvalue weighted by Gasteiger charge is 2.35. The van der Waals surface area contributed by atoms with Crippen LogP contribution in [0.25, 0.3) is 0 Å². The first-order chi connectivity index (χ1) is 9.19. The summed E-state index contributed by atoms with van der Waals surface area (Å²) in [6.07, 6.45) is 4.21. The highest BCUT2D eigenvalue weighted by atomic mass is 35.5. The summed E-state index contributed by atoms with van der Waals surface area (Å²) < 4.78 is 7.73. The van der Waals surface area contributed by atoms with E-state index in [0.29, 0.717) is 5.92 Å². The quantitative estimate of drug-likeness (QED) is 0.873. The van der Waals surface area contributed by atoms with Crippen molar-refractivity contribution in [3.8, 4) is 0 Å². The molecular formula is C14H24ClN3O. The fourth-order valence-electron chi connectivity index (χ4n) is 2.87. The molecule has 1 aliphatic rings. The lowest BCUT2D eigenvalue weighted by molar-refractivity contribution is 0.0943. The average molecular weight is 286 g/mol. The Morgan fingerprint density at radius 2 is 2.37 bits per heavy atom. The van der Waals surface area contributed by atoms with Gasteiger partial charge in [-0.15, -0.1) is 0 Å². The van der Waals surface area contributed by atoms with Gasteiger partial charge in [0.15, 0.2) is 0 Å². The van der Waals surface area contributed by atoms with Crippen LogP contribution in [0.2, 0.25) is 5.02 Å². The summed E-state index contributed by atoms with van der Waals surface area (Å²) in [7, 11) is 0. The Morgan fingerprint density at radius 3 is 2.95 bits per heavy atom. The second kappa shape index (κ2) is 6.73. The van der Waals surface area contributed by atoms with Crippen LogP contribution in [0.15, 0.2) is 6.20 Å². The van der Waals surface area contributed by atoms with Crippen LogP contribution in [0.5, 0.6) is 0 Å². The molecule has 1 N–H and O–H groups in total. The van der Waals surface area contributed by atoms with Gasteiger partial charge in [0.1, 0.15) is 0 Å². The molecule has 4 nitrogen and oxygen atoms in total. The minimum Gasteiger partial charge on any atom is -0.378 e. The Hall–Kier alpha value is -0.580. The Labute approximate surface area is 120 Å². The molecule has 1 aromatic heterocycles. The van der Waals surface area contributed by atoms with Crippen molar-refractivity contribution in [3.05, 3.63) is 16.9 Å². The lowest BCUT2D eigenvalue weighted by Crippen LogP contribution is -2.34. The predicted octanol–water partition coefficient (Wildman–Crippen LogP) is 3.02. The number of nitrogens with one attached hydrogen (secondary N) is 1. The lowest BCUT2D eigenvalue weighted by Gasteiger charge is -2.28. The molecule has 1 fully saturated rings. The standard InChI is InChI=1S/C14H24ClN3O/c1-4-7-16-13(11-6-8-19-10(11)3)14-12(15)9-17-18(14)5-2/h9-11,13,16H,4-8H2,1-3H3.